The smallest absolute Gasteiger partial charge is 0.363 e. The number of nitrogens with zero attached hydrogens (tertiary/aromatic N) is 2. The van der Waals surface area contributed by atoms with Crippen molar-refractivity contribution < 1.29 is 19.2 Å². The van der Waals surface area contributed by atoms with Crippen molar-refractivity contribution in [2.24, 2.45) is 4.99 Å². The molecule has 0 N–H and O–H groups in total. The molecule has 0 aliphatic carbocycles. The number of hydrogen-bond acceptors (Lipinski definition) is 6. The first-order valence-corrected chi connectivity index (χ1v) is 7.88. The highest BCUT2D eigenvalue weighted by Gasteiger charge is 2.25. The first-order valence-electron chi connectivity index (χ1n) is 7.09. The van der Waals surface area contributed by atoms with Crippen molar-refractivity contribution in [3.05, 3.63) is 73.9 Å². The highest BCUT2D eigenvalue weighted by Crippen LogP contribution is 2.28. The molecular weight excluding hydrogens is 392 g/mol. The fourth-order valence-corrected chi connectivity index (χ4v) is 2.48. The number of nitro benzene ring substituents is 1. The molecule has 1 aliphatic rings. The zero-order chi connectivity index (χ0) is 18.0. The van der Waals surface area contributed by atoms with E-state index in [-0.39, 0.29) is 17.3 Å². The standard InChI is InChI=1S/C17H11BrN2O5/c1-24-15-7-6-13(20(22)23)8-11(15)9-14-17(21)25-16(19-14)10-2-4-12(18)5-3-10/h2-9H,1H3/b14-9-. The summed E-state index contributed by atoms with van der Waals surface area (Å²) in [6.07, 6.45) is 1.40. The van der Waals surface area contributed by atoms with Crippen molar-refractivity contribution in [2.45, 2.75) is 0 Å². The summed E-state index contributed by atoms with van der Waals surface area (Å²) >= 11 is 3.33. The van der Waals surface area contributed by atoms with Crippen LogP contribution in [0.5, 0.6) is 5.75 Å². The van der Waals surface area contributed by atoms with E-state index in [9.17, 15) is 14.9 Å². The van der Waals surface area contributed by atoms with Gasteiger partial charge in [0.05, 0.1) is 12.0 Å². The molecule has 0 fully saturated rings. The SMILES string of the molecule is COc1ccc([N+](=O)[O-])cc1/C=C1\N=C(c2ccc(Br)cc2)OC1=O. The van der Waals surface area contributed by atoms with Crippen molar-refractivity contribution >= 4 is 39.6 Å². The third kappa shape index (κ3) is 3.58. The lowest BCUT2D eigenvalue weighted by Gasteiger charge is -2.04. The molecule has 0 amide bonds. The molecule has 126 valence electrons. The van der Waals surface area contributed by atoms with Crippen LogP contribution in [0.25, 0.3) is 6.08 Å². The van der Waals surface area contributed by atoms with E-state index >= 15 is 0 Å². The van der Waals surface area contributed by atoms with Gasteiger partial charge in [-0.1, -0.05) is 15.9 Å². The second kappa shape index (κ2) is 6.86. The number of cyclic esters (lactones) is 1. The number of methoxy groups -OCH3 is 1. The van der Waals surface area contributed by atoms with Gasteiger partial charge in [0.15, 0.2) is 5.70 Å². The van der Waals surface area contributed by atoms with Crippen LogP contribution in [0.3, 0.4) is 0 Å². The molecule has 0 unspecified atom stereocenters. The Hall–Kier alpha value is -3.00. The van der Waals surface area contributed by atoms with Crippen LogP contribution >= 0.6 is 15.9 Å². The summed E-state index contributed by atoms with van der Waals surface area (Å²) in [6, 6.07) is 11.2. The van der Waals surface area contributed by atoms with Gasteiger partial charge in [0, 0.05) is 27.7 Å². The first kappa shape index (κ1) is 16.8. The molecule has 1 aliphatic heterocycles. The fourth-order valence-electron chi connectivity index (χ4n) is 2.22. The zero-order valence-corrected chi connectivity index (χ0v) is 14.5. The topological polar surface area (TPSA) is 91.0 Å². The number of carbonyl (C=O) groups excluding carboxylic acids is 1. The molecule has 0 aromatic heterocycles. The number of benzene rings is 2. The second-order valence-electron chi connectivity index (χ2n) is 5.03. The van der Waals surface area contributed by atoms with Crippen LogP contribution in [0.2, 0.25) is 0 Å². The van der Waals surface area contributed by atoms with Gasteiger partial charge in [-0.05, 0) is 36.4 Å². The van der Waals surface area contributed by atoms with Gasteiger partial charge in [-0.25, -0.2) is 9.79 Å². The van der Waals surface area contributed by atoms with Crippen LogP contribution in [-0.4, -0.2) is 23.9 Å². The molecule has 2 aromatic carbocycles. The molecule has 1 heterocycles. The summed E-state index contributed by atoms with van der Waals surface area (Å²) in [5.41, 5.74) is 0.934. The maximum Gasteiger partial charge on any atom is 0.363 e. The lowest BCUT2D eigenvalue weighted by molar-refractivity contribution is -0.384. The molecule has 2 aromatic rings. The van der Waals surface area contributed by atoms with E-state index in [0.717, 1.165) is 4.47 Å². The molecule has 0 spiro atoms. The predicted molar refractivity (Wildman–Crippen MR) is 94.4 cm³/mol. The predicted octanol–water partition coefficient (Wildman–Crippen LogP) is 3.71. The summed E-state index contributed by atoms with van der Waals surface area (Å²) in [7, 11) is 1.44. The summed E-state index contributed by atoms with van der Waals surface area (Å²) in [4.78, 5) is 26.7. The Bertz CT molecular complexity index is 919. The van der Waals surface area contributed by atoms with E-state index in [0.29, 0.717) is 16.9 Å². The number of hydrogen-bond donors (Lipinski definition) is 0. The number of esters is 1. The van der Waals surface area contributed by atoms with E-state index in [2.05, 4.69) is 20.9 Å². The van der Waals surface area contributed by atoms with Crippen LogP contribution in [-0.2, 0) is 9.53 Å². The number of ether oxygens (including phenoxy) is 2. The Kier molecular flexibility index (Phi) is 4.62. The summed E-state index contributed by atoms with van der Waals surface area (Å²) in [5, 5.41) is 10.9. The van der Waals surface area contributed by atoms with Gasteiger partial charge in [-0.2, -0.15) is 0 Å². The third-order valence-corrected chi connectivity index (χ3v) is 3.96. The first-order chi connectivity index (χ1) is 12.0. The molecule has 7 nitrogen and oxygen atoms in total. The Balaban J connectivity index is 2.00. The Morgan fingerprint density at radius 1 is 1.24 bits per heavy atom. The minimum Gasteiger partial charge on any atom is -0.496 e. The van der Waals surface area contributed by atoms with E-state index < -0.39 is 10.9 Å². The zero-order valence-electron chi connectivity index (χ0n) is 12.9. The van der Waals surface area contributed by atoms with Crippen LogP contribution in [0, 0.1) is 10.1 Å². The van der Waals surface area contributed by atoms with E-state index in [1.807, 2.05) is 0 Å². The molecule has 0 atom stereocenters. The van der Waals surface area contributed by atoms with Crippen molar-refractivity contribution in [3.8, 4) is 5.75 Å². The van der Waals surface area contributed by atoms with Crippen molar-refractivity contribution in [3.63, 3.8) is 0 Å². The summed E-state index contributed by atoms with van der Waals surface area (Å²) in [6.45, 7) is 0. The monoisotopic (exact) mass is 402 g/mol. The third-order valence-electron chi connectivity index (χ3n) is 3.43. The van der Waals surface area contributed by atoms with Gasteiger partial charge in [0.2, 0.25) is 5.90 Å². The molecule has 3 rings (SSSR count). The normalized spacial score (nSPS) is 15.0. The lowest BCUT2D eigenvalue weighted by Crippen LogP contribution is -2.05. The highest BCUT2D eigenvalue weighted by molar-refractivity contribution is 9.10. The fraction of sp³-hybridized carbons (Fsp3) is 0.0588. The second-order valence-corrected chi connectivity index (χ2v) is 5.94. The van der Waals surface area contributed by atoms with Crippen molar-refractivity contribution in [1.29, 1.82) is 0 Å². The van der Waals surface area contributed by atoms with Gasteiger partial charge < -0.3 is 9.47 Å². The molecule has 0 saturated carbocycles. The van der Waals surface area contributed by atoms with Gasteiger partial charge in [0.25, 0.3) is 5.69 Å². The highest BCUT2D eigenvalue weighted by atomic mass is 79.9. The molecule has 0 bridgehead atoms. The molecule has 8 heteroatoms. The Morgan fingerprint density at radius 3 is 2.60 bits per heavy atom. The van der Waals surface area contributed by atoms with E-state index in [1.165, 1.54) is 31.4 Å². The molecule has 0 saturated heterocycles. The Labute approximate surface area is 150 Å². The van der Waals surface area contributed by atoms with Crippen molar-refractivity contribution in [1.82, 2.24) is 0 Å². The maximum absolute atomic E-state index is 12.1. The minimum atomic E-state index is -0.633. The van der Waals surface area contributed by atoms with Gasteiger partial charge in [0.1, 0.15) is 5.75 Å². The minimum absolute atomic E-state index is 0.0386. The number of rotatable bonds is 4. The largest absolute Gasteiger partial charge is 0.496 e. The number of aliphatic imine (C=N–C) groups is 1. The Morgan fingerprint density at radius 2 is 1.96 bits per heavy atom. The molecular formula is C17H11BrN2O5. The number of non-ortho nitro benzene ring substituents is 1. The van der Waals surface area contributed by atoms with Gasteiger partial charge in [-0.15, -0.1) is 0 Å². The van der Waals surface area contributed by atoms with E-state index in [4.69, 9.17) is 9.47 Å². The summed E-state index contributed by atoms with van der Waals surface area (Å²) in [5.74, 6) is -0.0715. The maximum atomic E-state index is 12.1. The lowest BCUT2D eigenvalue weighted by atomic mass is 10.1. The van der Waals surface area contributed by atoms with Crippen LogP contribution in [0.15, 0.2) is 57.6 Å². The van der Waals surface area contributed by atoms with Crippen molar-refractivity contribution in [2.75, 3.05) is 7.11 Å². The quantitative estimate of drug-likeness (QED) is 0.336. The molecule has 25 heavy (non-hydrogen) atoms. The number of carbonyl (C=O) groups is 1. The van der Waals surface area contributed by atoms with Gasteiger partial charge in [-0.3, -0.25) is 10.1 Å². The number of nitro groups is 1. The van der Waals surface area contributed by atoms with Crippen LogP contribution in [0.1, 0.15) is 11.1 Å². The average Bonchev–Trinajstić information content (AvgIpc) is 2.96. The number of halogens is 1. The van der Waals surface area contributed by atoms with Gasteiger partial charge >= 0.3 is 5.97 Å². The van der Waals surface area contributed by atoms with E-state index in [1.54, 1.807) is 24.3 Å². The van der Waals surface area contributed by atoms with Crippen LogP contribution < -0.4 is 4.74 Å². The van der Waals surface area contributed by atoms with Crippen LogP contribution in [0.4, 0.5) is 5.69 Å². The summed E-state index contributed by atoms with van der Waals surface area (Å²) < 4.78 is 11.2. The average molecular weight is 403 g/mol. The molecule has 0 radical (unpaired) electrons.